The van der Waals surface area contributed by atoms with Crippen LogP contribution < -0.4 is 24.4 Å². The molecule has 0 radical (unpaired) electrons. The number of carbonyl (C=O) groups is 2. The van der Waals surface area contributed by atoms with Crippen molar-refractivity contribution in [2.75, 3.05) is 24.8 Å². The van der Waals surface area contributed by atoms with Crippen molar-refractivity contribution < 1.29 is 23.8 Å². The molecule has 1 fully saturated rings. The molecule has 38 heavy (non-hydrogen) atoms. The number of nitrogens with zero attached hydrogens (tertiary/aromatic N) is 1. The van der Waals surface area contributed by atoms with Gasteiger partial charge >= 0.3 is 0 Å². The fraction of sp³-hybridized carbons (Fsp3) is 0.355. The molecule has 1 atom stereocenters. The fourth-order valence-corrected chi connectivity index (χ4v) is 6.50. The van der Waals surface area contributed by atoms with Crippen LogP contribution in [-0.4, -0.2) is 31.8 Å². The van der Waals surface area contributed by atoms with E-state index >= 15 is 0 Å². The lowest BCUT2D eigenvalue weighted by atomic mass is 9.77. The third kappa shape index (κ3) is 3.56. The molecule has 4 aliphatic rings. The number of hydrogen-bond acceptors (Lipinski definition) is 5. The Hall–Kier alpha value is -4.00. The van der Waals surface area contributed by atoms with E-state index in [4.69, 9.17) is 14.2 Å². The van der Waals surface area contributed by atoms with Gasteiger partial charge < -0.3 is 24.4 Å². The fourth-order valence-electron chi connectivity index (χ4n) is 6.50. The van der Waals surface area contributed by atoms with Crippen molar-refractivity contribution in [2.45, 2.75) is 44.1 Å². The minimum atomic E-state index is -0.967. The van der Waals surface area contributed by atoms with Crippen LogP contribution in [0.25, 0.3) is 0 Å². The first-order valence-electron chi connectivity index (χ1n) is 13.5. The number of rotatable bonds is 5. The normalized spacial score (nSPS) is 21.4. The van der Waals surface area contributed by atoms with Gasteiger partial charge in [-0.3, -0.25) is 9.59 Å². The summed E-state index contributed by atoms with van der Waals surface area (Å²) < 4.78 is 17.3. The minimum absolute atomic E-state index is 0.0614. The first-order valence-corrected chi connectivity index (χ1v) is 13.5. The van der Waals surface area contributed by atoms with Crippen LogP contribution in [0.5, 0.6) is 17.2 Å². The largest absolute Gasteiger partial charge is 0.491 e. The number of carbonyl (C=O) groups excluding carboxylic acids is 2. The predicted molar refractivity (Wildman–Crippen MR) is 142 cm³/mol. The van der Waals surface area contributed by atoms with Gasteiger partial charge in [0, 0.05) is 29.4 Å². The lowest BCUT2D eigenvalue weighted by Crippen LogP contribution is -2.42. The van der Waals surface area contributed by atoms with Gasteiger partial charge in [-0.2, -0.15) is 0 Å². The predicted octanol–water partition coefficient (Wildman–Crippen LogP) is 4.95. The molecule has 7 heteroatoms. The maximum Gasteiger partial charge on any atom is 0.251 e. The van der Waals surface area contributed by atoms with Crippen molar-refractivity contribution in [1.29, 1.82) is 0 Å². The van der Waals surface area contributed by atoms with Crippen molar-refractivity contribution in [3.05, 3.63) is 82.9 Å². The Morgan fingerprint density at radius 1 is 0.895 bits per heavy atom. The second kappa shape index (κ2) is 9.08. The summed E-state index contributed by atoms with van der Waals surface area (Å²) in [4.78, 5) is 29.4. The van der Waals surface area contributed by atoms with Gasteiger partial charge in [0.1, 0.15) is 17.8 Å². The molecule has 3 aliphatic heterocycles. The quantitative estimate of drug-likeness (QED) is 0.526. The van der Waals surface area contributed by atoms with Gasteiger partial charge in [0.15, 0.2) is 11.5 Å². The minimum Gasteiger partial charge on any atom is -0.491 e. The van der Waals surface area contributed by atoms with E-state index in [1.165, 1.54) is 32.1 Å². The molecule has 2 amide bonds. The van der Waals surface area contributed by atoms with E-state index in [0.29, 0.717) is 41.8 Å². The van der Waals surface area contributed by atoms with Crippen molar-refractivity contribution in [3.8, 4) is 17.2 Å². The van der Waals surface area contributed by atoms with Crippen LogP contribution in [0, 0.1) is 5.92 Å². The summed E-state index contributed by atoms with van der Waals surface area (Å²) in [7, 11) is 0. The molecule has 0 bridgehead atoms. The Labute approximate surface area is 221 Å². The number of anilines is 1. The lowest BCUT2D eigenvalue weighted by molar-refractivity contribution is -0.122. The highest BCUT2D eigenvalue weighted by molar-refractivity contribution is 6.11. The molecule has 3 aromatic carbocycles. The molecule has 194 valence electrons. The lowest BCUT2D eigenvalue weighted by Gasteiger charge is -2.24. The van der Waals surface area contributed by atoms with Crippen LogP contribution in [0.2, 0.25) is 0 Å². The first kappa shape index (κ1) is 23.1. The van der Waals surface area contributed by atoms with E-state index in [9.17, 15) is 9.59 Å². The van der Waals surface area contributed by atoms with Crippen LogP contribution in [-0.2, 0) is 16.8 Å². The molecular weight excluding hydrogens is 480 g/mol. The number of hydrogen-bond donors (Lipinski definition) is 1. The van der Waals surface area contributed by atoms with Crippen molar-refractivity contribution in [2.24, 2.45) is 5.92 Å². The van der Waals surface area contributed by atoms with Crippen LogP contribution in [0.15, 0.2) is 60.7 Å². The monoisotopic (exact) mass is 510 g/mol. The summed E-state index contributed by atoms with van der Waals surface area (Å²) in [6, 6.07) is 19.2. The van der Waals surface area contributed by atoms with Crippen LogP contribution >= 0.6 is 0 Å². The molecule has 7 rings (SSSR count). The van der Waals surface area contributed by atoms with E-state index in [2.05, 4.69) is 5.32 Å². The van der Waals surface area contributed by atoms with Gasteiger partial charge in [-0.25, -0.2) is 0 Å². The summed E-state index contributed by atoms with van der Waals surface area (Å²) >= 11 is 0. The van der Waals surface area contributed by atoms with Crippen LogP contribution in [0.1, 0.15) is 59.2 Å². The maximum absolute atomic E-state index is 14.3. The highest BCUT2D eigenvalue weighted by Gasteiger charge is 2.57. The molecule has 1 saturated carbocycles. The average molecular weight is 511 g/mol. The van der Waals surface area contributed by atoms with Gasteiger partial charge in [0.2, 0.25) is 12.7 Å². The smallest absolute Gasteiger partial charge is 0.251 e. The number of fused-ring (bicyclic) bond motifs is 5. The van der Waals surface area contributed by atoms with Crippen LogP contribution in [0.4, 0.5) is 5.69 Å². The summed E-state index contributed by atoms with van der Waals surface area (Å²) in [5.74, 6) is 2.30. The molecule has 0 aromatic heterocycles. The van der Waals surface area contributed by atoms with E-state index in [1.807, 2.05) is 60.7 Å². The van der Waals surface area contributed by atoms with Gasteiger partial charge in [0.25, 0.3) is 5.91 Å². The zero-order valence-electron chi connectivity index (χ0n) is 21.2. The number of nitrogens with one attached hydrogen (secondary N) is 1. The molecule has 7 nitrogen and oxygen atoms in total. The van der Waals surface area contributed by atoms with Crippen molar-refractivity contribution in [1.82, 2.24) is 5.32 Å². The number of para-hydroxylation sites is 1. The highest BCUT2D eigenvalue weighted by atomic mass is 16.7. The molecule has 3 aromatic rings. The maximum atomic E-state index is 14.3. The second-order valence-electron chi connectivity index (χ2n) is 10.7. The summed E-state index contributed by atoms with van der Waals surface area (Å²) in [5, 5.41) is 3.16. The van der Waals surface area contributed by atoms with E-state index in [0.717, 1.165) is 22.4 Å². The number of amides is 2. The number of benzene rings is 3. The van der Waals surface area contributed by atoms with Gasteiger partial charge in [-0.15, -0.1) is 0 Å². The SMILES string of the molecule is O=C(NCC1CCCCC1)c1ccccc1CN1C(=O)C2(COc3cc4c(cc32)OCO4)c2ccccc21. The Morgan fingerprint density at radius 2 is 1.66 bits per heavy atom. The summed E-state index contributed by atoms with van der Waals surface area (Å²) in [6.07, 6.45) is 6.12. The standard InChI is InChI=1S/C31H30N2O5/c34-29(32-16-20-8-2-1-3-9-20)22-11-5-4-10-21(22)17-33-25-13-7-6-12-23(25)31(30(33)35)18-36-26-15-28-27(14-24(26)31)37-19-38-28/h4-7,10-15,20H,1-3,8-9,16-19H2,(H,32,34). The van der Waals surface area contributed by atoms with Gasteiger partial charge in [-0.1, -0.05) is 55.7 Å². The number of ether oxygens (including phenoxy) is 3. The Kier molecular flexibility index (Phi) is 5.53. The highest BCUT2D eigenvalue weighted by Crippen LogP contribution is 2.55. The molecule has 1 unspecified atom stereocenters. The van der Waals surface area contributed by atoms with E-state index < -0.39 is 5.41 Å². The Bertz CT molecular complexity index is 1430. The molecule has 0 saturated heterocycles. The topological polar surface area (TPSA) is 77.1 Å². The zero-order chi connectivity index (χ0) is 25.7. The molecule has 3 heterocycles. The summed E-state index contributed by atoms with van der Waals surface area (Å²) in [6.45, 7) is 1.36. The Balaban J connectivity index is 1.20. The molecular formula is C31H30N2O5. The summed E-state index contributed by atoms with van der Waals surface area (Å²) in [5.41, 5.74) is 3.00. The third-order valence-corrected chi connectivity index (χ3v) is 8.51. The van der Waals surface area contributed by atoms with Gasteiger partial charge in [0.05, 0.1) is 6.54 Å². The van der Waals surface area contributed by atoms with Crippen molar-refractivity contribution >= 4 is 17.5 Å². The van der Waals surface area contributed by atoms with Gasteiger partial charge in [-0.05, 0) is 48.1 Å². The third-order valence-electron chi connectivity index (χ3n) is 8.51. The first-order chi connectivity index (χ1) is 18.6. The van der Waals surface area contributed by atoms with Crippen LogP contribution in [0.3, 0.4) is 0 Å². The molecule has 1 spiro atoms. The molecule has 1 N–H and O–H groups in total. The molecule has 1 aliphatic carbocycles. The van der Waals surface area contributed by atoms with E-state index in [1.54, 1.807) is 4.90 Å². The van der Waals surface area contributed by atoms with E-state index in [-0.39, 0.29) is 25.2 Å². The average Bonchev–Trinajstić information content (AvgIpc) is 3.64. The van der Waals surface area contributed by atoms with Crippen molar-refractivity contribution in [3.63, 3.8) is 0 Å². The Morgan fingerprint density at radius 3 is 2.53 bits per heavy atom. The second-order valence-corrected chi connectivity index (χ2v) is 10.7. The zero-order valence-corrected chi connectivity index (χ0v) is 21.2.